The highest BCUT2D eigenvalue weighted by Gasteiger charge is 2.41. The molecule has 0 spiro atoms. The Morgan fingerprint density at radius 1 is 1.67 bits per heavy atom. The first-order valence-electron chi connectivity index (χ1n) is 4.35. The third kappa shape index (κ3) is 1.51. The molecular formula is C9H14N2S. The van der Waals surface area contributed by atoms with Gasteiger partial charge in [-0.25, -0.2) is 0 Å². The van der Waals surface area contributed by atoms with Crippen molar-refractivity contribution in [2.24, 2.45) is 5.41 Å². The molecule has 66 valence electrons. The largest absolute Gasteiger partial charge is 0.272 e. The van der Waals surface area contributed by atoms with Gasteiger partial charge in [0.05, 0.1) is 5.69 Å². The molecule has 2 nitrogen and oxygen atoms in total. The second kappa shape index (κ2) is 2.80. The van der Waals surface area contributed by atoms with E-state index in [0.717, 1.165) is 18.0 Å². The summed E-state index contributed by atoms with van der Waals surface area (Å²) in [5.74, 6) is 0.992. The summed E-state index contributed by atoms with van der Waals surface area (Å²) in [7, 11) is 0. The number of aryl methyl sites for hydroxylation is 1. The SMILES string of the molecule is Cc1ccn(CC2(CS)CC2)n1. The fraction of sp³-hybridized carbons (Fsp3) is 0.667. The number of rotatable bonds is 3. The summed E-state index contributed by atoms with van der Waals surface area (Å²) in [5, 5.41) is 4.37. The summed E-state index contributed by atoms with van der Waals surface area (Å²) >= 11 is 4.36. The fourth-order valence-electron chi connectivity index (χ4n) is 1.44. The van der Waals surface area contributed by atoms with E-state index in [9.17, 15) is 0 Å². The van der Waals surface area contributed by atoms with Crippen molar-refractivity contribution in [1.29, 1.82) is 0 Å². The molecule has 2 rings (SSSR count). The molecule has 0 N–H and O–H groups in total. The van der Waals surface area contributed by atoms with Crippen molar-refractivity contribution in [2.75, 3.05) is 5.75 Å². The predicted octanol–water partition coefficient (Wildman–Crippen LogP) is 1.90. The molecule has 0 radical (unpaired) electrons. The van der Waals surface area contributed by atoms with Crippen LogP contribution in [0.25, 0.3) is 0 Å². The monoisotopic (exact) mass is 182 g/mol. The molecular weight excluding hydrogens is 168 g/mol. The van der Waals surface area contributed by atoms with Crippen LogP contribution in [-0.2, 0) is 6.54 Å². The molecule has 0 atom stereocenters. The summed E-state index contributed by atoms with van der Waals surface area (Å²) in [6.07, 6.45) is 4.68. The minimum absolute atomic E-state index is 0.474. The lowest BCUT2D eigenvalue weighted by atomic mass is 10.1. The van der Waals surface area contributed by atoms with Gasteiger partial charge in [0, 0.05) is 12.7 Å². The highest BCUT2D eigenvalue weighted by Crippen LogP contribution is 2.47. The first-order valence-corrected chi connectivity index (χ1v) is 4.98. The van der Waals surface area contributed by atoms with Gasteiger partial charge in [0.1, 0.15) is 0 Å². The summed E-state index contributed by atoms with van der Waals surface area (Å²) in [6.45, 7) is 3.07. The minimum Gasteiger partial charge on any atom is -0.272 e. The van der Waals surface area contributed by atoms with Crippen molar-refractivity contribution in [3.8, 4) is 0 Å². The molecule has 1 aromatic rings. The topological polar surface area (TPSA) is 17.8 Å². The maximum Gasteiger partial charge on any atom is 0.0593 e. The second-order valence-electron chi connectivity index (χ2n) is 3.81. The van der Waals surface area contributed by atoms with Crippen molar-refractivity contribution >= 4 is 12.6 Å². The van der Waals surface area contributed by atoms with Crippen LogP contribution in [0.1, 0.15) is 18.5 Å². The number of hydrogen-bond donors (Lipinski definition) is 1. The molecule has 1 aliphatic carbocycles. The first kappa shape index (κ1) is 8.17. The maximum atomic E-state index is 4.37. The predicted molar refractivity (Wildman–Crippen MR) is 52.5 cm³/mol. The highest BCUT2D eigenvalue weighted by atomic mass is 32.1. The van der Waals surface area contributed by atoms with Crippen LogP contribution in [0.4, 0.5) is 0 Å². The van der Waals surface area contributed by atoms with Gasteiger partial charge >= 0.3 is 0 Å². The standard InChI is InChI=1S/C9H14N2S/c1-8-2-5-11(10-8)6-9(7-12)3-4-9/h2,5,12H,3-4,6-7H2,1H3. The zero-order valence-corrected chi connectivity index (χ0v) is 8.22. The highest BCUT2D eigenvalue weighted by molar-refractivity contribution is 7.80. The van der Waals surface area contributed by atoms with Gasteiger partial charge in [-0.15, -0.1) is 0 Å². The zero-order valence-electron chi connectivity index (χ0n) is 7.32. The molecule has 0 bridgehead atoms. The van der Waals surface area contributed by atoms with E-state index in [1.54, 1.807) is 0 Å². The lowest BCUT2D eigenvalue weighted by molar-refractivity contribution is 0.439. The summed E-state index contributed by atoms with van der Waals surface area (Å²) < 4.78 is 2.04. The average Bonchev–Trinajstić information content (AvgIpc) is 2.71. The summed E-state index contributed by atoms with van der Waals surface area (Å²) in [5.41, 5.74) is 1.58. The van der Waals surface area contributed by atoms with Crippen LogP contribution in [0.15, 0.2) is 12.3 Å². The van der Waals surface area contributed by atoms with Gasteiger partial charge in [0.2, 0.25) is 0 Å². The quantitative estimate of drug-likeness (QED) is 0.707. The molecule has 1 saturated carbocycles. The third-order valence-electron chi connectivity index (χ3n) is 2.56. The lowest BCUT2D eigenvalue weighted by Gasteiger charge is -2.10. The van der Waals surface area contributed by atoms with Gasteiger partial charge < -0.3 is 0 Å². The van der Waals surface area contributed by atoms with Crippen LogP contribution in [0.2, 0.25) is 0 Å². The molecule has 0 aliphatic heterocycles. The average molecular weight is 182 g/mol. The number of nitrogens with zero attached hydrogens (tertiary/aromatic N) is 2. The van der Waals surface area contributed by atoms with E-state index >= 15 is 0 Å². The van der Waals surface area contributed by atoms with Crippen molar-refractivity contribution in [1.82, 2.24) is 9.78 Å². The minimum atomic E-state index is 0.474. The Morgan fingerprint density at radius 3 is 2.83 bits per heavy atom. The van der Waals surface area contributed by atoms with Crippen molar-refractivity contribution in [2.45, 2.75) is 26.3 Å². The maximum absolute atomic E-state index is 4.37. The van der Waals surface area contributed by atoms with Crippen LogP contribution in [0, 0.1) is 12.3 Å². The fourth-order valence-corrected chi connectivity index (χ4v) is 1.85. The van der Waals surface area contributed by atoms with Crippen LogP contribution in [0.3, 0.4) is 0 Å². The molecule has 0 unspecified atom stereocenters. The Labute approximate surface area is 78.4 Å². The van der Waals surface area contributed by atoms with E-state index in [0.29, 0.717) is 5.41 Å². The molecule has 1 fully saturated rings. The van der Waals surface area contributed by atoms with Crippen LogP contribution in [-0.4, -0.2) is 15.5 Å². The van der Waals surface area contributed by atoms with Gasteiger partial charge in [0.15, 0.2) is 0 Å². The molecule has 0 saturated heterocycles. The Balaban J connectivity index is 2.04. The lowest BCUT2D eigenvalue weighted by Crippen LogP contribution is -2.13. The molecule has 1 aliphatic rings. The van der Waals surface area contributed by atoms with Crippen LogP contribution in [0.5, 0.6) is 0 Å². The van der Waals surface area contributed by atoms with E-state index in [1.807, 2.05) is 11.6 Å². The van der Waals surface area contributed by atoms with E-state index in [-0.39, 0.29) is 0 Å². The molecule has 1 aromatic heterocycles. The van der Waals surface area contributed by atoms with Gasteiger partial charge in [0.25, 0.3) is 0 Å². The Kier molecular flexibility index (Phi) is 1.91. The van der Waals surface area contributed by atoms with Gasteiger partial charge in [-0.05, 0) is 37.0 Å². The van der Waals surface area contributed by atoms with E-state index in [4.69, 9.17) is 0 Å². The van der Waals surface area contributed by atoms with Gasteiger partial charge in [-0.3, -0.25) is 4.68 Å². The second-order valence-corrected chi connectivity index (χ2v) is 4.13. The molecule has 3 heteroatoms. The molecule has 1 heterocycles. The van der Waals surface area contributed by atoms with Crippen molar-refractivity contribution < 1.29 is 0 Å². The molecule has 0 aromatic carbocycles. The van der Waals surface area contributed by atoms with Gasteiger partial charge in [-0.2, -0.15) is 17.7 Å². The normalized spacial score (nSPS) is 19.5. The zero-order chi connectivity index (χ0) is 8.60. The number of aromatic nitrogens is 2. The Bertz CT molecular complexity index is 276. The van der Waals surface area contributed by atoms with Crippen LogP contribution >= 0.6 is 12.6 Å². The Morgan fingerprint density at radius 2 is 2.42 bits per heavy atom. The van der Waals surface area contributed by atoms with Crippen molar-refractivity contribution in [3.05, 3.63) is 18.0 Å². The first-order chi connectivity index (χ1) is 5.74. The van der Waals surface area contributed by atoms with Crippen molar-refractivity contribution in [3.63, 3.8) is 0 Å². The van der Waals surface area contributed by atoms with E-state index < -0.39 is 0 Å². The molecule has 12 heavy (non-hydrogen) atoms. The van der Waals surface area contributed by atoms with Crippen LogP contribution < -0.4 is 0 Å². The number of thiol groups is 1. The van der Waals surface area contributed by atoms with E-state index in [2.05, 4.69) is 30.0 Å². The van der Waals surface area contributed by atoms with Gasteiger partial charge in [-0.1, -0.05) is 0 Å². The Hall–Kier alpha value is -0.440. The van der Waals surface area contributed by atoms with E-state index in [1.165, 1.54) is 12.8 Å². The number of hydrogen-bond acceptors (Lipinski definition) is 2. The summed E-state index contributed by atoms with van der Waals surface area (Å²) in [6, 6.07) is 2.05. The summed E-state index contributed by atoms with van der Waals surface area (Å²) in [4.78, 5) is 0. The third-order valence-corrected chi connectivity index (χ3v) is 3.23. The smallest absolute Gasteiger partial charge is 0.0593 e. The molecule has 0 amide bonds.